The lowest BCUT2D eigenvalue weighted by Crippen LogP contribution is -2.02. The first-order valence-electron chi connectivity index (χ1n) is 4.60. The van der Waals surface area contributed by atoms with Crippen molar-refractivity contribution in [2.75, 3.05) is 5.73 Å². The standard InChI is InChI=1S/C8H8N8/c9-7-6-8(12-2-11-7)16(4-13-6)1-5-10-3-14-15-5/h2-4H,1H2,(H2,9,11,12)(H,10,14,15). The summed E-state index contributed by atoms with van der Waals surface area (Å²) in [6.45, 7) is 0.521. The topological polar surface area (TPSA) is 111 Å². The van der Waals surface area contributed by atoms with Crippen molar-refractivity contribution in [3.05, 3.63) is 24.8 Å². The maximum atomic E-state index is 5.68. The first kappa shape index (κ1) is 8.77. The van der Waals surface area contributed by atoms with E-state index in [0.717, 1.165) is 5.82 Å². The molecule has 0 aliphatic heterocycles. The van der Waals surface area contributed by atoms with Gasteiger partial charge in [-0.3, -0.25) is 5.10 Å². The van der Waals surface area contributed by atoms with Gasteiger partial charge < -0.3 is 10.3 Å². The van der Waals surface area contributed by atoms with E-state index >= 15 is 0 Å². The summed E-state index contributed by atoms with van der Waals surface area (Å²) < 4.78 is 1.83. The monoisotopic (exact) mass is 216 g/mol. The number of aromatic nitrogens is 7. The van der Waals surface area contributed by atoms with Gasteiger partial charge in [-0.15, -0.1) is 0 Å². The van der Waals surface area contributed by atoms with Crippen molar-refractivity contribution in [2.24, 2.45) is 0 Å². The van der Waals surface area contributed by atoms with E-state index in [9.17, 15) is 0 Å². The molecule has 0 saturated carbocycles. The molecular formula is C8H8N8. The first-order chi connectivity index (χ1) is 7.84. The predicted molar refractivity (Wildman–Crippen MR) is 55.2 cm³/mol. The molecule has 0 fully saturated rings. The van der Waals surface area contributed by atoms with Crippen LogP contribution in [-0.4, -0.2) is 34.7 Å². The smallest absolute Gasteiger partial charge is 0.165 e. The van der Waals surface area contributed by atoms with E-state index in [1.165, 1.54) is 12.7 Å². The Bertz CT molecular complexity index is 610. The third kappa shape index (κ3) is 1.28. The van der Waals surface area contributed by atoms with E-state index in [4.69, 9.17) is 5.73 Å². The molecule has 0 aliphatic rings. The zero-order valence-corrected chi connectivity index (χ0v) is 8.20. The molecular weight excluding hydrogens is 208 g/mol. The van der Waals surface area contributed by atoms with Crippen molar-refractivity contribution < 1.29 is 0 Å². The summed E-state index contributed by atoms with van der Waals surface area (Å²) in [6.07, 6.45) is 4.52. The molecule has 80 valence electrons. The van der Waals surface area contributed by atoms with E-state index in [1.807, 2.05) is 4.57 Å². The lowest BCUT2D eigenvalue weighted by molar-refractivity contribution is 0.760. The third-order valence-corrected chi connectivity index (χ3v) is 2.21. The van der Waals surface area contributed by atoms with Crippen LogP contribution in [0.1, 0.15) is 5.82 Å². The van der Waals surface area contributed by atoms with Gasteiger partial charge in [0.25, 0.3) is 0 Å². The van der Waals surface area contributed by atoms with Crippen molar-refractivity contribution in [2.45, 2.75) is 6.54 Å². The Labute approximate surface area is 89.6 Å². The Morgan fingerprint density at radius 3 is 2.94 bits per heavy atom. The van der Waals surface area contributed by atoms with Gasteiger partial charge in [0.1, 0.15) is 24.0 Å². The van der Waals surface area contributed by atoms with Crippen LogP contribution in [0.2, 0.25) is 0 Å². The predicted octanol–water partition coefficient (Wildman–Crippen LogP) is -0.425. The minimum Gasteiger partial charge on any atom is -0.382 e. The van der Waals surface area contributed by atoms with Gasteiger partial charge in [0.2, 0.25) is 0 Å². The maximum Gasteiger partial charge on any atom is 0.165 e. The summed E-state index contributed by atoms with van der Waals surface area (Å²) in [5, 5.41) is 6.54. The van der Waals surface area contributed by atoms with Gasteiger partial charge in [-0.05, 0) is 0 Å². The zero-order valence-electron chi connectivity index (χ0n) is 8.20. The van der Waals surface area contributed by atoms with Gasteiger partial charge >= 0.3 is 0 Å². The molecule has 8 nitrogen and oxygen atoms in total. The second-order valence-electron chi connectivity index (χ2n) is 3.24. The third-order valence-electron chi connectivity index (χ3n) is 2.21. The van der Waals surface area contributed by atoms with E-state index in [-0.39, 0.29) is 0 Å². The summed E-state index contributed by atoms with van der Waals surface area (Å²) in [4.78, 5) is 16.2. The van der Waals surface area contributed by atoms with Crippen molar-refractivity contribution in [3.63, 3.8) is 0 Å². The van der Waals surface area contributed by atoms with E-state index < -0.39 is 0 Å². The zero-order chi connectivity index (χ0) is 11.0. The number of nitrogen functional groups attached to an aromatic ring is 1. The fourth-order valence-corrected chi connectivity index (χ4v) is 1.48. The number of nitrogens with one attached hydrogen (secondary N) is 1. The molecule has 3 aromatic rings. The van der Waals surface area contributed by atoms with Crippen LogP contribution in [0.25, 0.3) is 11.2 Å². The second kappa shape index (κ2) is 3.26. The van der Waals surface area contributed by atoms with Crippen LogP contribution in [0.3, 0.4) is 0 Å². The highest BCUT2D eigenvalue weighted by Gasteiger charge is 2.08. The van der Waals surface area contributed by atoms with Crippen molar-refractivity contribution >= 4 is 17.0 Å². The van der Waals surface area contributed by atoms with Gasteiger partial charge in [-0.1, -0.05) is 0 Å². The Morgan fingerprint density at radius 1 is 1.19 bits per heavy atom. The molecule has 0 unspecified atom stereocenters. The number of imidazole rings is 1. The molecule has 0 amide bonds. The lowest BCUT2D eigenvalue weighted by atomic mass is 10.5. The minimum absolute atomic E-state index is 0.376. The fraction of sp³-hybridized carbons (Fsp3) is 0.125. The average Bonchev–Trinajstić information content (AvgIpc) is 2.90. The molecule has 16 heavy (non-hydrogen) atoms. The van der Waals surface area contributed by atoms with E-state index in [1.54, 1.807) is 6.33 Å². The Kier molecular flexibility index (Phi) is 1.79. The molecule has 0 aliphatic carbocycles. The van der Waals surface area contributed by atoms with Crippen LogP contribution in [0.15, 0.2) is 19.0 Å². The van der Waals surface area contributed by atoms with Gasteiger partial charge in [-0.2, -0.15) is 5.10 Å². The van der Waals surface area contributed by atoms with Gasteiger partial charge in [0.15, 0.2) is 11.5 Å². The highest BCUT2D eigenvalue weighted by molar-refractivity contribution is 5.81. The summed E-state index contributed by atoms with van der Waals surface area (Å²) in [7, 11) is 0. The number of hydrogen-bond acceptors (Lipinski definition) is 6. The SMILES string of the molecule is Nc1ncnc2c1ncn2Cc1ncn[nH]1. The molecule has 3 rings (SSSR count). The largest absolute Gasteiger partial charge is 0.382 e. The number of aromatic amines is 1. The summed E-state index contributed by atoms with van der Waals surface area (Å²) in [5.74, 6) is 1.11. The van der Waals surface area contributed by atoms with Crippen LogP contribution >= 0.6 is 0 Å². The number of nitrogens with zero attached hydrogens (tertiary/aromatic N) is 6. The lowest BCUT2D eigenvalue weighted by Gasteiger charge is -1.99. The highest BCUT2D eigenvalue weighted by Crippen LogP contribution is 2.14. The number of anilines is 1. The molecule has 3 aromatic heterocycles. The molecule has 0 spiro atoms. The molecule has 0 radical (unpaired) electrons. The molecule has 3 heterocycles. The molecule has 8 heteroatoms. The molecule has 0 saturated heterocycles. The summed E-state index contributed by atoms with van der Waals surface area (Å²) in [5.41, 5.74) is 6.96. The second-order valence-corrected chi connectivity index (χ2v) is 3.24. The van der Waals surface area contributed by atoms with Crippen molar-refractivity contribution in [1.29, 1.82) is 0 Å². The molecule has 0 atom stereocenters. The maximum absolute atomic E-state index is 5.68. The Morgan fingerprint density at radius 2 is 2.12 bits per heavy atom. The van der Waals surface area contributed by atoms with Gasteiger partial charge in [-0.25, -0.2) is 19.9 Å². The highest BCUT2D eigenvalue weighted by atomic mass is 15.2. The minimum atomic E-state index is 0.376. The Hall–Kier alpha value is -2.51. The van der Waals surface area contributed by atoms with E-state index in [0.29, 0.717) is 23.5 Å². The van der Waals surface area contributed by atoms with Crippen molar-refractivity contribution in [1.82, 2.24) is 34.7 Å². The summed E-state index contributed by atoms with van der Waals surface area (Å²) >= 11 is 0. The van der Waals surface area contributed by atoms with Crippen molar-refractivity contribution in [3.8, 4) is 0 Å². The van der Waals surface area contributed by atoms with Crippen LogP contribution in [0.5, 0.6) is 0 Å². The number of H-pyrrole nitrogens is 1. The molecule has 0 aromatic carbocycles. The Balaban J connectivity index is 2.08. The van der Waals surface area contributed by atoms with E-state index in [2.05, 4.69) is 30.1 Å². The van der Waals surface area contributed by atoms with Crippen LogP contribution < -0.4 is 5.73 Å². The average molecular weight is 216 g/mol. The first-order valence-corrected chi connectivity index (χ1v) is 4.60. The van der Waals surface area contributed by atoms with Gasteiger partial charge in [0, 0.05) is 0 Å². The normalized spacial score (nSPS) is 11.0. The summed E-state index contributed by atoms with van der Waals surface area (Å²) in [6, 6.07) is 0. The number of fused-ring (bicyclic) bond motifs is 1. The molecule has 0 bridgehead atoms. The van der Waals surface area contributed by atoms with Crippen LogP contribution in [0, 0.1) is 0 Å². The number of nitrogens with two attached hydrogens (primary N) is 1. The number of rotatable bonds is 2. The van der Waals surface area contributed by atoms with Gasteiger partial charge in [0.05, 0.1) is 12.9 Å². The number of hydrogen-bond donors (Lipinski definition) is 2. The van der Waals surface area contributed by atoms with Crippen LogP contribution in [0.4, 0.5) is 5.82 Å². The quantitative estimate of drug-likeness (QED) is 0.601. The fourth-order valence-electron chi connectivity index (χ4n) is 1.48. The molecule has 3 N–H and O–H groups in total. The van der Waals surface area contributed by atoms with Crippen LogP contribution in [-0.2, 0) is 6.54 Å².